The Morgan fingerprint density at radius 3 is 2.65 bits per heavy atom. The zero-order valence-electron chi connectivity index (χ0n) is 8.59. The van der Waals surface area contributed by atoms with Crippen molar-refractivity contribution in [2.45, 2.75) is 0 Å². The quantitative estimate of drug-likeness (QED) is 0.535. The normalized spacial score (nSPS) is 10.6. The van der Waals surface area contributed by atoms with Gasteiger partial charge in [0.25, 0.3) is 11.1 Å². The van der Waals surface area contributed by atoms with Gasteiger partial charge in [-0.3, -0.25) is 19.1 Å². The number of carboxylic acids is 1. The highest BCUT2D eigenvalue weighted by molar-refractivity contribution is 5.87. The standard InChI is InChI=1S/C8H7N5O4/c1-13-4-2(5(14)12-8(9)11-4)10-3(6(13)15)7(16)17/h1H3,(H,16,17)(H3,9,11,12,14). The van der Waals surface area contributed by atoms with Crippen LogP contribution in [0.3, 0.4) is 0 Å². The second-order valence-electron chi connectivity index (χ2n) is 3.25. The number of rotatable bonds is 1. The third kappa shape index (κ3) is 1.53. The molecule has 0 radical (unpaired) electrons. The maximum atomic E-state index is 11.6. The topological polar surface area (TPSA) is 144 Å². The van der Waals surface area contributed by atoms with E-state index in [4.69, 9.17) is 10.8 Å². The molecular formula is C8H7N5O4. The van der Waals surface area contributed by atoms with Crippen LogP contribution in [0.15, 0.2) is 9.59 Å². The number of aromatic nitrogens is 4. The van der Waals surface area contributed by atoms with E-state index in [1.165, 1.54) is 7.05 Å². The highest BCUT2D eigenvalue weighted by Crippen LogP contribution is 2.02. The molecule has 0 amide bonds. The molecule has 0 aliphatic heterocycles. The third-order valence-corrected chi connectivity index (χ3v) is 2.15. The smallest absolute Gasteiger partial charge is 0.360 e. The summed E-state index contributed by atoms with van der Waals surface area (Å²) in [7, 11) is 1.28. The number of aromatic carboxylic acids is 1. The van der Waals surface area contributed by atoms with Crippen molar-refractivity contribution in [3.8, 4) is 0 Å². The molecule has 0 saturated carbocycles. The Morgan fingerprint density at radius 2 is 2.06 bits per heavy atom. The molecule has 2 aromatic rings. The Hall–Kier alpha value is -2.71. The summed E-state index contributed by atoms with van der Waals surface area (Å²) in [4.78, 5) is 43.2. The average molecular weight is 237 g/mol. The van der Waals surface area contributed by atoms with E-state index in [-0.39, 0.29) is 17.1 Å². The second-order valence-corrected chi connectivity index (χ2v) is 3.25. The number of nitrogen functional groups attached to an aromatic ring is 1. The number of H-pyrrole nitrogens is 1. The SMILES string of the molecule is Cn1c(=O)c(C(=O)O)nc2c(=O)[nH]c(N)nc21. The lowest BCUT2D eigenvalue weighted by Gasteiger charge is -2.04. The van der Waals surface area contributed by atoms with Crippen LogP contribution in [-0.4, -0.2) is 30.6 Å². The van der Waals surface area contributed by atoms with Crippen LogP contribution in [0, 0.1) is 0 Å². The predicted octanol–water partition coefficient (Wildman–Crippen LogP) is -1.70. The van der Waals surface area contributed by atoms with Gasteiger partial charge < -0.3 is 10.8 Å². The van der Waals surface area contributed by atoms with Crippen LogP contribution in [0.2, 0.25) is 0 Å². The molecule has 0 bridgehead atoms. The van der Waals surface area contributed by atoms with Gasteiger partial charge in [0.2, 0.25) is 11.6 Å². The first-order valence-electron chi connectivity index (χ1n) is 4.41. The molecule has 0 fully saturated rings. The number of aromatic amines is 1. The Balaban J connectivity index is 3.07. The molecule has 17 heavy (non-hydrogen) atoms. The molecule has 0 unspecified atom stereocenters. The van der Waals surface area contributed by atoms with Crippen molar-refractivity contribution in [2.24, 2.45) is 7.05 Å². The van der Waals surface area contributed by atoms with Crippen molar-refractivity contribution >= 4 is 23.1 Å². The number of nitrogens with two attached hydrogens (primary N) is 1. The van der Waals surface area contributed by atoms with Crippen molar-refractivity contribution in [1.82, 2.24) is 19.5 Å². The van der Waals surface area contributed by atoms with Crippen molar-refractivity contribution in [3.05, 3.63) is 26.4 Å². The molecule has 2 heterocycles. The largest absolute Gasteiger partial charge is 0.476 e. The fourth-order valence-electron chi connectivity index (χ4n) is 1.36. The fourth-order valence-corrected chi connectivity index (χ4v) is 1.36. The van der Waals surface area contributed by atoms with E-state index in [0.29, 0.717) is 0 Å². The van der Waals surface area contributed by atoms with Gasteiger partial charge in [-0.05, 0) is 0 Å². The highest BCUT2D eigenvalue weighted by atomic mass is 16.4. The van der Waals surface area contributed by atoms with Gasteiger partial charge in [-0.25, -0.2) is 9.78 Å². The molecule has 0 aromatic carbocycles. The van der Waals surface area contributed by atoms with E-state index in [9.17, 15) is 14.4 Å². The van der Waals surface area contributed by atoms with Crippen LogP contribution in [0.4, 0.5) is 5.95 Å². The number of nitrogens with zero attached hydrogens (tertiary/aromatic N) is 3. The van der Waals surface area contributed by atoms with Gasteiger partial charge in [0.05, 0.1) is 0 Å². The van der Waals surface area contributed by atoms with Crippen molar-refractivity contribution < 1.29 is 9.90 Å². The summed E-state index contributed by atoms with van der Waals surface area (Å²) in [5.41, 5.74) is 2.70. The van der Waals surface area contributed by atoms with E-state index < -0.39 is 22.8 Å². The molecule has 0 saturated heterocycles. The van der Waals surface area contributed by atoms with Crippen LogP contribution in [-0.2, 0) is 7.05 Å². The second kappa shape index (κ2) is 3.40. The summed E-state index contributed by atoms with van der Waals surface area (Å²) in [6.07, 6.45) is 0. The van der Waals surface area contributed by atoms with Crippen LogP contribution < -0.4 is 16.9 Å². The Labute approximate surface area is 92.6 Å². The summed E-state index contributed by atoms with van der Waals surface area (Å²) >= 11 is 0. The zero-order chi connectivity index (χ0) is 12.7. The van der Waals surface area contributed by atoms with Gasteiger partial charge in [0.15, 0.2) is 11.2 Å². The number of nitrogens with one attached hydrogen (secondary N) is 1. The molecule has 0 aliphatic rings. The number of fused-ring (bicyclic) bond motifs is 1. The van der Waals surface area contributed by atoms with E-state index in [2.05, 4.69) is 15.0 Å². The molecule has 0 atom stereocenters. The molecule has 0 aliphatic carbocycles. The van der Waals surface area contributed by atoms with Crippen LogP contribution >= 0.6 is 0 Å². The minimum absolute atomic E-state index is 0.0683. The fraction of sp³-hybridized carbons (Fsp3) is 0.125. The first-order chi connectivity index (χ1) is 7.91. The van der Waals surface area contributed by atoms with E-state index in [1.807, 2.05) is 0 Å². The molecule has 0 spiro atoms. The Bertz CT molecular complexity index is 744. The number of hydrogen-bond acceptors (Lipinski definition) is 6. The molecular weight excluding hydrogens is 230 g/mol. The third-order valence-electron chi connectivity index (χ3n) is 2.15. The maximum absolute atomic E-state index is 11.6. The Kier molecular flexibility index (Phi) is 2.16. The average Bonchev–Trinajstić information content (AvgIpc) is 2.23. The van der Waals surface area contributed by atoms with Crippen molar-refractivity contribution in [2.75, 3.05) is 5.73 Å². The van der Waals surface area contributed by atoms with E-state index in [1.54, 1.807) is 0 Å². The Morgan fingerprint density at radius 1 is 1.41 bits per heavy atom. The zero-order valence-corrected chi connectivity index (χ0v) is 8.59. The van der Waals surface area contributed by atoms with Crippen molar-refractivity contribution in [3.63, 3.8) is 0 Å². The first kappa shape index (κ1) is 10.8. The van der Waals surface area contributed by atoms with Gasteiger partial charge in [-0.15, -0.1) is 0 Å². The lowest BCUT2D eigenvalue weighted by molar-refractivity contribution is 0.0688. The van der Waals surface area contributed by atoms with Crippen LogP contribution in [0.5, 0.6) is 0 Å². The van der Waals surface area contributed by atoms with Crippen LogP contribution in [0.25, 0.3) is 11.2 Å². The monoisotopic (exact) mass is 237 g/mol. The van der Waals surface area contributed by atoms with Gasteiger partial charge in [-0.2, -0.15) is 4.98 Å². The maximum Gasteiger partial charge on any atom is 0.360 e. The lowest BCUT2D eigenvalue weighted by atomic mass is 10.4. The van der Waals surface area contributed by atoms with Gasteiger partial charge in [0.1, 0.15) is 0 Å². The van der Waals surface area contributed by atoms with Gasteiger partial charge >= 0.3 is 5.97 Å². The lowest BCUT2D eigenvalue weighted by Crippen LogP contribution is -2.29. The first-order valence-corrected chi connectivity index (χ1v) is 4.41. The predicted molar refractivity (Wildman–Crippen MR) is 56.8 cm³/mol. The number of aryl methyl sites for hydroxylation is 1. The minimum atomic E-state index is -1.51. The number of anilines is 1. The summed E-state index contributed by atoms with van der Waals surface area (Å²) in [5.74, 6) is -1.69. The van der Waals surface area contributed by atoms with Crippen molar-refractivity contribution in [1.29, 1.82) is 0 Å². The number of carbonyl (C=O) groups is 1. The summed E-state index contributed by atoms with van der Waals surface area (Å²) in [6, 6.07) is 0. The van der Waals surface area contributed by atoms with E-state index >= 15 is 0 Å². The van der Waals surface area contributed by atoms with Crippen LogP contribution in [0.1, 0.15) is 10.5 Å². The number of carboxylic acid groups (broad SMARTS) is 1. The molecule has 9 nitrogen and oxygen atoms in total. The van der Waals surface area contributed by atoms with E-state index in [0.717, 1.165) is 4.57 Å². The highest BCUT2D eigenvalue weighted by Gasteiger charge is 2.17. The molecule has 2 aromatic heterocycles. The molecule has 2 rings (SSSR count). The van der Waals surface area contributed by atoms with Gasteiger partial charge in [-0.1, -0.05) is 0 Å². The van der Waals surface area contributed by atoms with Gasteiger partial charge in [0, 0.05) is 7.05 Å². The minimum Gasteiger partial charge on any atom is -0.476 e. The summed E-state index contributed by atoms with van der Waals surface area (Å²) in [5, 5.41) is 8.76. The number of hydrogen-bond donors (Lipinski definition) is 3. The summed E-state index contributed by atoms with van der Waals surface area (Å²) < 4.78 is 0.914. The molecule has 88 valence electrons. The molecule has 4 N–H and O–H groups in total. The molecule has 9 heteroatoms. The summed E-state index contributed by atoms with van der Waals surface area (Å²) in [6.45, 7) is 0.